The topological polar surface area (TPSA) is 46.5 Å². The molecule has 0 saturated carbocycles. The number of rotatable bonds is 9. The Hall–Kier alpha value is -1.51. The number of aromatic hydroxyl groups is 1. The monoisotopic (exact) mass is 390 g/mol. The summed E-state index contributed by atoms with van der Waals surface area (Å²) in [5.41, 5.74) is 0.318. The van der Waals surface area contributed by atoms with Crippen molar-refractivity contribution in [1.82, 2.24) is 0 Å². The Morgan fingerprint density at radius 1 is 0.929 bits per heavy atom. The summed E-state index contributed by atoms with van der Waals surface area (Å²) in [5, 5.41) is 9.74. The van der Waals surface area contributed by atoms with Gasteiger partial charge in [-0.25, -0.2) is 0 Å². The van der Waals surface area contributed by atoms with E-state index in [2.05, 4.69) is 55.4 Å². The van der Waals surface area contributed by atoms with Crippen molar-refractivity contribution in [1.29, 1.82) is 0 Å². The van der Waals surface area contributed by atoms with E-state index < -0.39 is 5.41 Å². The Morgan fingerprint density at radius 2 is 1.46 bits per heavy atom. The SMILES string of the molecule is CC(C)CCCCCOC(=O)CC(c1ccc(O)cc1)(C(C)(C)C)C(C)(C)C. The lowest BCUT2D eigenvalue weighted by Gasteiger charge is -2.54. The molecule has 1 N–H and O–H groups in total. The van der Waals surface area contributed by atoms with E-state index in [1.807, 2.05) is 12.1 Å². The summed E-state index contributed by atoms with van der Waals surface area (Å²) in [6.45, 7) is 18.1. The number of phenolic OH excluding ortho intramolecular Hbond substituents is 1. The zero-order chi connectivity index (χ0) is 21.6. The number of carbonyl (C=O) groups excluding carboxylic acids is 1. The molecule has 0 aliphatic rings. The van der Waals surface area contributed by atoms with Gasteiger partial charge in [-0.2, -0.15) is 0 Å². The fraction of sp³-hybridized carbons (Fsp3) is 0.720. The summed E-state index contributed by atoms with van der Waals surface area (Å²) in [6, 6.07) is 7.32. The van der Waals surface area contributed by atoms with Crippen LogP contribution in [0.1, 0.15) is 93.1 Å². The summed E-state index contributed by atoms with van der Waals surface area (Å²) in [6.07, 6.45) is 4.78. The maximum absolute atomic E-state index is 12.9. The molecule has 0 aromatic heterocycles. The summed E-state index contributed by atoms with van der Waals surface area (Å²) >= 11 is 0. The first-order chi connectivity index (χ1) is 12.8. The third-order valence-electron chi connectivity index (χ3n) is 6.02. The Labute approximate surface area is 172 Å². The number of unbranched alkanes of at least 4 members (excludes halogenated alkanes) is 2. The second-order valence-electron chi connectivity index (χ2n) is 10.6. The molecule has 1 aromatic rings. The Balaban J connectivity index is 2.95. The fourth-order valence-electron chi connectivity index (χ4n) is 4.65. The van der Waals surface area contributed by atoms with Gasteiger partial charge in [0.25, 0.3) is 0 Å². The zero-order valence-electron chi connectivity index (χ0n) is 19.4. The number of carbonyl (C=O) groups is 1. The fourth-order valence-corrected chi connectivity index (χ4v) is 4.65. The van der Waals surface area contributed by atoms with E-state index >= 15 is 0 Å². The smallest absolute Gasteiger partial charge is 0.306 e. The Kier molecular flexibility index (Phi) is 8.59. The van der Waals surface area contributed by atoms with E-state index in [-0.39, 0.29) is 22.5 Å². The first kappa shape index (κ1) is 24.5. The minimum absolute atomic E-state index is 0.137. The number of benzene rings is 1. The van der Waals surface area contributed by atoms with Crippen LogP contribution in [-0.2, 0) is 14.9 Å². The Morgan fingerprint density at radius 3 is 1.93 bits per heavy atom. The van der Waals surface area contributed by atoms with E-state index in [1.165, 1.54) is 12.8 Å². The van der Waals surface area contributed by atoms with Crippen molar-refractivity contribution in [2.75, 3.05) is 6.61 Å². The number of ether oxygens (including phenoxy) is 1. The van der Waals surface area contributed by atoms with E-state index in [1.54, 1.807) is 12.1 Å². The molecule has 0 saturated heterocycles. The molecule has 0 unspecified atom stereocenters. The van der Waals surface area contributed by atoms with Crippen molar-refractivity contribution < 1.29 is 14.6 Å². The minimum atomic E-state index is -0.414. The highest BCUT2D eigenvalue weighted by Crippen LogP contribution is 2.55. The second-order valence-corrected chi connectivity index (χ2v) is 10.6. The van der Waals surface area contributed by atoms with Gasteiger partial charge in [-0.15, -0.1) is 0 Å². The molecule has 1 aromatic carbocycles. The zero-order valence-corrected chi connectivity index (χ0v) is 19.4. The second kappa shape index (κ2) is 9.80. The molecule has 0 aliphatic carbocycles. The molecule has 3 nitrogen and oxygen atoms in total. The highest BCUT2D eigenvalue weighted by molar-refractivity contribution is 5.72. The van der Waals surface area contributed by atoms with Crippen LogP contribution < -0.4 is 0 Å². The molecule has 0 atom stereocenters. The predicted octanol–water partition coefficient (Wildman–Crippen LogP) is 6.87. The maximum Gasteiger partial charge on any atom is 0.306 e. The molecule has 0 aliphatic heterocycles. The largest absolute Gasteiger partial charge is 0.508 e. The first-order valence-electron chi connectivity index (χ1n) is 10.8. The predicted molar refractivity (Wildman–Crippen MR) is 118 cm³/mol. The van der Waals surface area contributed by atoms with Crippen LogP contribution in [0.5, 0.6) is 5.75 Å². The maximum atomic E-state index is 12.9. The van der Waals surface area contributed by atoms with Crippen LogP contribution in [0.2, 0.25) is 0 Å². The molecule has 28 heavy (non-hydrogen) atoms. The lowest BCUT2D eigenvalue weighted by atomic mass is 9.50. The van der Waals surface area contributed by atoms with E-state index in [9.17, 15) is 9.90 Å². The van der Waals surface area contributed by atoms with Crippen LogP contribution in [0.4, 0.5) is 0 Å². The van der Waals surface area contributed by atoms with E-state index in [0.29, 0.717) is 13.0 Å². The van der Waals surface area contributed by atoms with Crippen molar-refractivity contribution in [3.63, 3.8) is 0 Å². The minimum Gasteiger partial charge on any atom is -0.508 e. The number of hydrogen-bond acceptors (Lipinski definition) is 3. The molecule has 0 fully saturated rings. The normalized spacial score (nSPS) is 13.0. The van der Waals surface area contributed by atoms with Crippen molar-refractivity contribution in [3.05, 3.63) is 29.8 Å². The quantitative estimate of drug-likeness (QED) is 0.369. The van der Waals surface area contributed by atoms with Gasteiger partial charge in [0.15, 0.2) is 0 Å². The van der Waals surface area contributed by atoms with Gasteiger partial charge in [-0.1, -0.05) is 86.8 Å². The van der Waals surface area contributed by atoms with Crippen molar-refractivity contribution >= 4 is 5.97 Å². The van der Waals surface area contributed by atoms with E-state index in [4.69, 9.17) is 4.74 Å². The average Bonchev–Trinajstić information content (AvgIpc) is 2.54. The molecular weight excluding hydrogens is 348 g/mol. The van der Waals surface area contributed by atoms with Gasteiger partial charge in [0.05, 0.1) is 13.0 Å². The van der Waals surface area contributed by atoms with Crippen LogP contribution >= 0.6 is 0 Å². The molecule has 0 bridgehead atoms. The van der Waals surface area contributed by atoms with Crippen LogP contribution in [0.15, 0.2) is 24.3 Å². The molecule has 0 radical (unpaired) electrons. The molecule has 1 rings (SSSR count). The van der Waals surface area contributed by atoms with Gasteiger partial charge in [-0.05, 0) is 40.9 Å². The third kappa shape index (κ3) is 6.25. The molecular formula is C25H42O3. The molecule has 0 amide bonds. The van der Waals surface area contributed by atoms with Crippen molar-refractivity contribution in [3.8, 4) is 5.75 Å². The van der Waals surface area contributed by atoms with E-state index in [0.717, 1.165) is 24.3 Å². The highest BCUT2D eigenvalue weighted by atomic mass is 16.5. The van der Waals surface area contributed by atoms with Gasteiger partial charge in [0, 0.05) is 5.41 Å². The van der Waals surface area contributed by atoms with Gasteiger partial charge in [-0.3, -0.25) is 4.79 Å². The lowest BCUT2D eigenvalue weighted by Crippen LogP contribution is -2.51. The number of phenols is 1. The third-order valence-corrected chi connectivity index (χ3v) is 6.02. The summed E-state index contributed by atoms with van der Waals surface area (Å²) in [7, 11) is 0. The lowest BCUT2D eigenvalue weighted by molar-refractivity contribution is -0.149. The van der Waals surface area contributed by atoms with Crippen LogP contribution in [0.3, 0.4) is 0 Å². The van der Waals surface area contributed by atoms with Gasteiger partial charge < -0.3 is 9.84 Å². The number of esters is 1. The summed E-state index contributed by atoms with van der Waals surface area (Å²) in [4.78, 5) is 12.9. The number of hydrogen-bond donors (Lipinski definition) is 1. The molecule has 0 heterocycles. The highest BCUT2D eigenvalue weighted by Gasteiger charge is 2.53. The standard InChI is InChI=1S/C25H42O3/c1-19(2)12-10-9-11-17-28-22(27)18-25(23(3,4)5,24(6,7)8)20-13-15-21(26)16-14-20/h13-16,19,26H,9-12,17-18H2,1-8H3. The average molecular weight is 391 g/mol. The van der Waals surface area contributed by atoms with Gasteiger partial charge in [0.1, 0.15) is 5.75 Å². The van der Waals surface area contributed by atoms with Crippen molar-refractivity contribution in [2.45, 2.75) is 92.9 Å². The summed E-state index contributed by atoms with van der Waals surface area (Å²) in [5.74, 6) is 0.832. The summed E-state index contributed by atoms with van der Waals surface area (Å²) < 4.78 is 5.65. The molecule has 0 spiro atoms. The van der Waals surface area contributed by atoms with Crippen LogP contribution in [0.25, 0.3) is 0 Å². The van der Waals surface area contributed by atoms with Crippen LogP contribution in [0, 0.1) is 16.7 Å². The van der Waals surface area contributed by atoms with Crippen molar-refractivity contribution in [2.24, 2.45) is 16.7 Å². The first-order valence-corrected chi connectivity index (χ1v) is 10.8. The van der Waals surface area contributed by atoms with Gasteiger partial charge in [0.2, 0.25) is 0 Å². The molecule has 160 valence electrons. The Bertz CT molecular complexity index is 586. The van der Waals surface area contributed by atoms with Gasteiger partial charge >= 0.3 is 5.97 Å². The molecule has 3 heteroatoms. The van der Waals surface area contributed by atoms with Crippen LogP contribution in [-0.4, -0.2) is 17.7 Å².